The molecular weight excluding hydrogens is 322 g/mol. The second-order valence-electron chi connectivity index (χ2n) is 4.17. The highest BCUT2D eigenvalue weighted by atomic mass is 79.9. The standard InChI is InChI=1S/C15H14BrNO3/c1-19-13-4-3-9(7-14(13)20-2)15(18)10-5-11(16)8-12(17)6-10/h3-8H,17H2,1-2H3. The number of ether oxygens (including phenoxy) is 2. The molecule has 0 radical (unpaired) electrons. The van der Waals surface area contributed by atoms with Gasteiger partial charge in [-0.15, -0.1) is 0 Å². The maximum absolute atomic E-state index is 12.4. The summed E-state index contributed by atoms with van der Waals surface area (Å²) in [6, 6.07) is 10.2. The van der Waals surface area contributed by atoms with Gasteiger partial charge in [-0.2, -0.15) is 0 Å². The molecular formula is C15H14BrNO3. The van der Waals surface area contributed by atoms with E-state index in [2.05, 4.69) is 15.9 Å². The van der Waals surface area contributed by atoms with E-state index in [0.29, 0.717) is 28.3 Å². The fourth-order valence-electron chi connectivity index (χ4n) is 1.89. The van der Waals surface area contributed by atoms with Crippen molar-refractivity contribution in [1.82, 2.24) is 0 Å². The monoisotopic (exact) mass is 335 g/mol. The quantitative estimate of drug-likeness (QED) is 0.688. The van der Waals surface area contributed by atoms with Crippen LogP contribution >= 0.6 is 15.9 Å². The Morgan fingerprint density at radius 3 is 2.30 bits per heavy atom. The number of nitrogen functional groups attached to an aromatic ring is 1. The van der Waals surface area contributed by atoms with Crippen LogP contribution in [0, 0.1) is 0 Å². The topological polar surface area (TPSA) is 61.5 Å². The first-order valence-corrected chi connectivity index (χ1v) is 6.67. The molecule has 0 aliphatic rings. The van der Waals surface area contributed by atoms with Crippen molar-refractivity contribution in [2.45, 2.75) is 0 Å². The molecule has 0 atom stereocenters. The zero-order chi connectivity index (χ0) is 14.7. The highest BCUT2D eigenvalue weighted by Crippen LogP contribution is 2.29. The maximum atomic E-state index is 12.4. The van der Waals surface area contributed by atoms with Gasteiger partial charge in [-0.05, 0) is 36.4 Å². The van der Waals surface area contributed by atoms with Gasteiger partial charge in [-0.1, -0.05) is 15.9 Å². The van der Waals surface area contributed by atoms with Crippen LogP contribution in [0.3, 0.4) is 0 Å². The Kier molecular flexibility index (Phi) is 4.29. The van der Waals surface area contributed by atoms with E-state index in [4.69, 9.17) is 15.2 Å². The number of carbonyl (C=O) groups excluding carboxylic acids is 1. The number of anilines is 1. The molecule has 0 unspecified atom stereocenters. The zero-order valence-corrected chi connectivity index (χ0v) is 12.7. The number of carbonyl (C=O) groups is 1. The third-order valence-electron chi connectivity index (χ3n) is 2.83. The minimum Gasteiger partial charge on any atom is -0.493 e. The number of halogens is 1. The molecule has 0 amide bonds. The smallest absolute Gasteiger partial charge is 0.193 e. The van der Waals surface area contributed by atoms with Crippen LogP contribution in [0.1, 0.15) is 15.9 Å². The van der Waals surface area contributed by atoms with Gasteiger partial charge in [-0.25, -0.2) is 0 Å². The molecule has 0 aliphatic heterocycles. The van der Waals surface area contributed by atoms with Gasteiger partial charge in [0.15, 0.2) is 17.3 Å². The van der Waals surface area contributed by atoms with Crippen LogP contribution in [-0.2, 0) is 0 Å². The number of hydrogen-bond donors (Lipinski definition) is 1. The Hall–Kier alpha value is -2.01. The lowest BCUT2D eigenvalue weighted by Gasteiger charge is -2.09. The Bertz CT molecular complexity index is 635. The van der Waals surface area contributed by atoms with Gasteiger partial charge in [0.2, 0.25) is 0 Å². The molecule has 5 heteroatoms. The molecule has 2 aromatic carbocycles. The molecule has 0 spiro atoms. The third kappa shape index (κ3) is 2.93. The summed E-state index contributed by atoms with van der Waals surface area (Å²) in [5.74, 6) is 0.970. The minimum absolute atomic E-state index is 0.126. The summed E-state index contributed by atoms with van der Waals surface area (Å²) in [5, 5.41) is 0. The van der Waals surface area contributed by atoms with E-state index in [-0.39, 0.29) is 5.78 Å². The highest BCUT2D eigenvalue weighted by Gasteiger charge is 2.13. The molecule has 0 saturated carbocycles. The van der Waals surface area contributed by atoms with E-state index in [1.807, 2.05) is 0 Å². The second kappa shape index (κ2) is 5.96. The van der Waals surface area contributed by atoms with Crippen molar-refractivity contribution < 1.29 is 14.3 Å². The van der Waals surface area contributed by atoms with E-state index in [1.165, 1.54) is 7.11 Å². The SMILES string of the molecule is COc1ccc(C(=O)c2cc(N)cc(Br)c2)cc1OC. The summed E-state index contributed by atoms with van der Waals surface area (Å²) in [5.41, 5.74) is 7.31. The van der Waals surface area contributed by atoms with Crippen molar-refractivity contribution in [3.63, 3.8) is 0 Å². The zero-order valence-electron chi connectivity index (χ0n) is 11.1. The average Bonchev–Trinajstić information content (AvgIpc) is 2.44. The predicted molar refractivity (Wildman–Crippen MR) is 81.5 cm³/mol. The lowest BCUT2D eigenvalue weighted by Crippen LogP contribution is -2.03. The van der Waals surface area contributed by atoms with Crippen molar-refractivity contribution in [1.29, 1.82) is 0 Å². The molecule has 0 fully saturated rings. The normalized spacial score (nSPS) is 10.2. The van der Waals surface area contributed by atoms with E-state index >= 15 is 0 Å². The number of hydrogen-bond acceptors (Lipinski definition) is 4. The lowest BCUT2D eigenvalue weighted by molar-refractivity contribution is 0.103. The second-order valence-corrected chi connectivity index (χ2v) is 5.09. The van der Waals surface area contributed by atoms with Crippen LogP contribution in [0.2, 0.25) is 0 Å². The lowest BCUT2D eigenvalue weighted by atomic mass is 10.0. The Morgan fingerprint density at radius 2 is 1.70 bits per heavy atom. The Morgan fingerprint density at radius 1 is 1.00 bits per heavy atom. The fraction of sp³-hybridized carbons (Fsp3) is 0.133. The summed E-state index contributed by atoms with van der Waals surface area (Å²) in [6.45, 7) is 0. The van der Waals surface area contributed by atoms with Gasteiger partial charge in [0, 0.05) is 21.3 Å². The molecule has 2 aromatic rings. The summed E-state index contributed by atoms with van der Waals surface area (Å²) in [6.07, 6.45) is 0. The van der Waals surface area contributed by atoms with Crippen molar-refractivity contribution in [3.05, 3.63) is 52.0 Å². The van der Waals surface area contributed by atoms with E-state index in [0.717, 1.165) is 4.47 Å². The largest absolute Gasteiger partial charge is 0.493 e. The van der Waals surface area contributed by atoms with Gasteiger partial charge < -0.3 is 15.2 Å². The fourth-order valence-corrected chi connectivity index (χ4v) is 2.40. The maximum Gasteiger partial charge on any atom is 0.193 e. The number of nitrogens with two attached hydrogens (primary N) is 1. The Balaban J connectivity index is 2.42. The summed E-state index contributed by atoms with van der Waals surface area (Å²) >= 11 is 3.33. The van der Waals surface area contributed by atoms with Crippen LogP contribution < -0.4 is 15.2 Å². The van der Waals surface area contributed by atoms with E-state index < -0.39 is 0 Å². The first-order valence-electron chi connectivity index (χ1n) is 5.88. The summed E-state index contributed by atoms with van der Waals surface area (Å²) < 4.78 is 11.1. The highest BCUT2D eigenvalue weighted by molar-refractivity contribution is 9.10. The van der Waals surface area contributed by atoms with E-state index in [1.54, 1.807) is 43.5 Å². The Labute approximate surface area is 125 Å². The molecule has 2 N–H and O–H groups in total. The molecule has 20 heavy (non-hydrogen) atoms. The predicted octanol–water partition coefficient (Wildman–Crippen LogP) is 3.28. The molecule has 2 rings (SSSR count). The molecule has 0 aromatic heterocycles. The van der Waals surface area contributed by atoms with Gasteiger partial charge in [0.05, 0.1) is 14.2 Å². The summed E-state index contributed by atoms with van der Waals surface area (Å²) in [7, 11) is 3.08. The van der Waals surface area contributed by atoms with E-state index in [9.17, 15) is 4.79 Å². The van der Waals surface area contributed by atoms with Crippen molar-refractivity contribution in [3.8, 4) is 11.5 Å². The van der Waals surface area contributed by atoms with Crippen molar-refractivity contribution >= 4 is 27.4 Å². The van der Waals surface area contributed by atoms with Crippen molar-refractivity contribution in [2.75, 3.05) is 20.0 Å². The molecule has 104 valence electrons. The van der Waals surface area contributed by atoms with Gasteiger partial charge in [0.1, 0.15) is 0 Å². The molecule has 4 nitrogen and oxygen atoms in total. The first-order chi connectivity index (χ1) is 9.55. The van der Waals surface area contributed by atoms with Crippen LogP contribution in [-0.4, -0.2) is 20.0 Å². The number of rotatable bonds is 4. The number of ketones is 1. The number of benzene rings is 2. The van der Waals surface area contributed by atoms with Crippen LogP contribution in [0.5, 0.6) is 11.5 Å². The molecule has 0 saturated heterocycles. The van der Waals surface area contributed by atoms with Gasteiger partial charge >= 0.3 is 0 Å². The molecule has 0 aliphatic carbocycles. The van der Waals surface area contributed by atoms with Crippen LogP contribution in [0.15, 0.2) is 40.9 Å². The third-order valence-corrected chi connectivity index (χ3v) is 3.29. The molecule has 0 heterocycles. The van der Waals surface area contributed by atoms with Crippen LogP contribution in [0.4, 0.5) is 5.69 Å². The number of methoxy groups -OCH3 is 2. The van der Waals surface area contributed by atoms with Crippen molar-refractivity contribution in [2.24, 2.45) is 0 Å². The van der Waals surface area contributed by atoms with Gasteiger partial charge in [-0.3, -0.25) is 4.79 Å². The molecule has 0 bridgehead atoms. The first kappa shape index (κ1) is 14.4. The minimum atomic E-state index is -0.126. The average molecular weight is 336 g/mol. The van der Waals surface area contributed by atoms with Crippen LogP contribution in [0.25, 0.3) is 0 Å². The summed E-state index contributed by atoms with van der Waals surface area (Å²) in [4.78, 5) is 12.4. The van der Waals surface area contributed by atoms with Gasteiger partial charge in [0.25, 0.3) is 0 Å².